The maximum Gasteiger partial charge on any atom is 0.508 e. The number of unbranched alkanes of at least 4 members (excludes halogenated alkanes) is 1. The van der Waals surface area contributed by atoms with Crippen molar-refractivity contribution in [2.45, 2.75) is 38.9 Å². The first-order valence-corrected chi connectivity index (χ1v) is 5.75. The second-order valence-corrected chi connectivity index (χ2v) is 3.87. The maximum atomic E-state index is 10.6. The molecule has 1 fully saturated rings. The monoisotopic (exact) mass is 232 g/mol. The Morgan fingerprint density at radius 1 is 1.56 bits per heavy atom. The summed E-state index contributed by atoms with van der Waals surface area (Å²) in [4.78, 5) is 10.6. The summed E-state index contributed by atoms with van der Waals surface area (Å²) >= 11 is 0. The third-order valence-corrected chi connectivity index (χ3v) is 2.21. The lowest BCUT2D eigenvalue weighted by molar-refractivity contribution is -0.0274. The minimum Gasteiger partial charge on any atom is -0.430 e. The third-order valence-electron chi connectivity index (χ3n) is 2.21. The van der Waals surface area contributed by atoms with Crippen LogP contribution in [0.5, 0.6) is 0 Å². The minimum atomic E-state index is -0.610. The fourth-order valence-corrected chi connectivity index (χ4v) is 1.29. The zero-order chi connectivity index (χ0) is 11.8. The van der Waals surface area contributed by atoms with E-state index in [2.05, 4.69) is 11.7 Å². The van der Waals surface area contributed by atoms with E-state index in [1.165, 1.54) is 0 Å². The normalized spacial score (nSPS) is 21.6. The van der Waals surface area contributed by atoms with Gasteiger partial charge in [0.05, 0.1) is 19.3 Å². The lowest BCUT2D eigenvalue weighted by atomic mass is 10.3. The highest BCUT2D eigenvalue weighted by molar-refractivity contribution is 5.61. The summed E-state index contributed by atoms with van der Waals surface area (Å²) < 4.78 is 20.3. The molecule has 1 heterocycles. The molecule has 0 aromatic carbocycles. The van der Waals surface area contributed by atoms with Gasteiger partial charge in [0.15, 0.2) is 6.10 Å². The van der Waals surface area contributed by atoms with Gasteiger partial charge in [-0.25, -0.2) is 4.79 Å². The Kier molecular flexibility index (Phi) is 6.18. The molecule has 0 saturated carbocycles. The molecule has 1 aliphatic rings. The van der Waals surface area contributed by atoms with Crippen LogP contribution >= 0.6 is 0 Å². The van der Waals surface area contributed by atoms with E-state index in [0.29, 0.717) is 13.2 Å². The van der Waals surface area contributed by atoms with E-state index in [1.807, 2.05) is 6.92 Å². The average molecular weight is 232 g/mol. The van der Waals surface area contributed by atoms with Crippen molar-refractivity contribution in [3.05, 3.63) is 0 Å². The number of carbonyl (C=O) groups is 1. The Labute approximate surface area is 96.0 Å². The predicted octanol–water partition coefficient (Wildman–Crippen LogP) is 1.74. The Morgan fingerprint density at radius 2 is 2.38 bits per heavy atom. The molecule has 1 aliphatic heterocycles. The SMILES string of the molecule is CCCCOC(C)COCC1COC(=O)O1. The standard InChI is InChI=1S/C11H20O5/c1-3-4-5-14-9(2)6-13-7-10-8-15-11(12)16-10/h9-10H,3-8H2,1-2H3. The molecule has 1 rings (SSSR count). The number of carbonyl (C=O) groups excluding carboxylic acids is 1. The lowest BCUT2D eigenvalue weighted by Gasteiger charge is -2.14. The van der Waals surface area contributed by atoms with Crippen molar-refractivity contribution in [2.24, 2.45) is 0 Å². The second-order valence-electron chi connectivity index (χ2n) is 3.87. The van der Waals surface area contributed by atoms with Crippen LogP contribution in [0.2, 0.25) is 0 Å². The number of hydrogen-bond acceptors (Lipinski definition) is 5. The van der Waals surface area contributed by atoms with Crippen molar-refractivity contribution in [1.82, 2.24) is 0 Å². The molecule has 2 atom stereocenters. The van der Waals surface area contributed by atoms with Gasteiger partial charge in [0.25, 0.3) is 0 Å². The summed E-state index contributed by atoms with van der Waals surface area (Å²) in [6, 6.07) is 0. The van der Waals surface area contributed by atoms with Gasteiger partial charge < -0.3 is 18.9 Å². The number of hydrogen-bond donors (Lipinski definition) is 0. The molecule has 0 radical (unpaired) electrons. The molecule has 0 N–H and O–H groups in total. The number of rotatable bonds is 8. The summed E-state index contributed by atoms with van der Waals surface area (Å²) in [5.41, 5.74) is 0. The average Bonchev–Trinajstić information content (AvgIpc) is 2.65. The van der Waals surface area contributed by atoms with Crippen molar-refractivity contribution in [3.8, 4) is 0 Å². The predicted molar refractivity (Wildman–Crippen MR) is 57.4 cm³/mol. The molecule has 0 spiro atoms. The molecule has 2 unspecified atom stereocenters. The van der Waals surface area contributed by atoms with Gasteiger partial charge >= 0.3 is 6.16 Å². The van der Waals surface area contributed by atoms with Crippen LogP contribution in [-0.2, 0) is 18.9 Å². The molecular weight excluding hydrogens is 212 g/mol. The molecule has 1 saturated heterocycles. The largest absolute Gasteiger partial charge is 0.508 e. The first-order valence-electron chi connectivity index (χ1n) is 5.75. The van der Waals surface area contributed by atoms with Crippen molar-refractivity contribution in [3.63, 3.8) is 0 Å². The maximum absolute atomic E-state index is 10.6. The van der Waals surface area contributed by atoms with Crippen molar-refractivity contribution in [1.29, 1.82) is 0 Å². The first-order chi connectivity index (χ1) is 7.72. The highest BCUT2D eigenvalue weighted by Gasteiger charge is 2.24. The van der Waals surface area contributed by atoms with Crippen LogP contribution in [0.1, 0.15) is 26.7 Å². The summed E-state index contributed by atoms with van der Waals surface area (Å²) in [6.45, 7) is 6.02. The fourth-order valence-electron chi connectivity index (χ4n) is 1.29. The van der Waals surface area contributed by atoms with Crippen LogP contribution < -0.4 is 0 Å². The zero-order valence-electron chi connectivity index (χ0n) is 9.94. The second kappa shape index (κ2) is 7.46. The molecular formula is C11H20O5. The van der Waals surface area contributed by atoms with Gasteiger partial charge in [0.2, 0.25) is 0 Å². The van der Waals surface area contributed by atoms with Crippen LogP contribution in [0.4, 0.5) is 4.79 Å². The molecule has 16 heavy (non-hydrogen) atoms. The van der Waals surface area contributed by atoms with Crippen molar-refractivity contribution in [2.75, 3.05) is 26.4 Å². The van der Waals surface area contributed by atoms with Crippen molar-refractivity contribution >= 4 is 6.16 Å². The van der Waals surface area contributed by atoms with Gasteiger partial charge in [0.1, 0.15) is 6.61 Å². The number of cyclic esters (lactones) is 2. The first kappa shape index (κ1) is 13.3. The Bertz CT molecular complexity index is 207. The van der Waals surface area contributed by atoms with E-state index >= 15 is 0 Å². The van der Waals surface area contributed by atoms with E-state index in [0.717, 1.165) is 19.4 Å². The van der Waals surface area contributed by atoms with Gasteiger partial charge in [0, 0.05) is 6.61 Å². The van der Waals surface area contributed by atoms with Gasteiger partial charge in [-0.15, -0.1) is 0 Å². The van der Waals surface area contributed by atoms with Crippen LogP contribution in [0.15, 0.2) is 0 Å². The van der Waals surface area contributed by atoms with Gasteiger partial charge in [-0.2, -0.15) is 0 Å². The van der Waals surface area contributed by atoms with E-state index < -0.39 is 6.16 Å². The van der Waals surface area contributed by atoms with E-state index in [4.69, 9.17) is 14.2 Å². The van der Waals surface area contributed by atoms with E-state index in [-0.39, 0.29) is 18.8 Å². The molecule has 0 bridgehead atoms. The molecule has 5 nitrogen and oxygen atoms in total. The summed E-state index contributed by atoms with van der Waals surface area (Å²) in [5.74, 6) is 0. The fraction of sp³-hybridized carbons (Fsp3) is 0.909. The van der Waals surface area contributed by atoms with Crippen LogP contribution in [0.3, 0.4) is 0 Å². The highest BCUT2D eigenvalue weighted by Crippen LogP contribution is 2.06. The molecule has 0 amide bonds. The molecule has 5 heteroatoms. The summed E-state index contributed by atoms with van der Waals surface area (Å²) in [6.07, 6.45) is 1.39. The van der Waals surface area contributed by atoms with Gasteiger partial charge in [-0.3, -0.25) is 0 Å². The third kappa shape index (κ3) is 5.32. The highest BCUT2D eigenvalue weighted by atomic mass is 16.8. The topological polar surface area (TPSA) is 54.0 Å². The van der Waals surface area contributed by atoms with Crippen LogP contribution in [-0.4, -0.2) is 44.8 Å². The van der Waals surface area contributed by atoms with Crippen molar-refractivity contribution < 1.29 is 23.7 Å². The quantitative estimate of drug-likeness (QED) is 0.471. The Hall–Kier alpha value is -0.810. The summed E-state index contributed by atoms with van der Waals surface area (Å²) in [5, 5.41) is 0. The molecule has 94 valence electrons. The molecule has 0 aromatic heterocycles. The lowest BCUT2D eigenvalue weighted by Crippen LogP contribution is -2.23. The minimum absolute atomic E-state index is 0.0737. The van der Waals surface area contributed by atoms with Gasteiger partial charge in [-0.05, 0) is 13.3 Å². The van der Waals surface area contributed by atoms with Crippen LogP contribution in [0.25, 0.3) is 0 Å². The smallest absolute Gasteiger partial charge is 0.430 e. The zero-order valence-corrected chi connectivity index (χ0v) is 9.94. The van der Waals surface area contributed by atoms with E-state index in [9.17, 15) is 4.79 Å². The molecule has 0 aromatic rings. The van der Waals surface area contributed by atoms with E-state index in [1.54, 1.807) is 0 Å². The number of ether oxygens (including phenoxy) is 4. The Morgan fingerprint density at radius 3 is 3.00 bits per heavy atom. The summed E-state index contributed by atoms with van der Waals surface area (Å²) in [7, 11) is 0. The van der Waals surface area contributed by atoms with Gasteiger partial charge in [-0.1, -0.05) is 13.3 Å². The van der Waals surface area contributed by atoms with Crippen LogP contribution in [0, 0.1) is 0 Å². The molecule has 0 aliphatic carbocycles. The Balaban J connectivity index is 1.95.